The number of cyclic esters (lactones) is 1. The van der Waals surface area contributed by atoms with Gasteiger partial charge in [0.25, 0.3) is 5.91 Å². The van der Waals surface area contributed by atoms with E-state index in [1.54, 1.807) is 17.0 Å². The quantitative estimate of drug-likeness (QED) is 0.650. The summed E-state index contributed by atoms with van der Waals surface area (Å²) in [6.45, 7) is 2.88. The van der Waals surface area contributed by atoms with Gasteiger partial charge in [-0.05, 0) is 31.5 Å². The molecule has 2 aliphatic heterocycles. The number of ketones is 1. The number of Topliss-reactive ketones (excluding diaryl/α,β-unsaturated/α-hetero) is 1. The molecular formula is C22H24FN5O5. The number of benzene rings is 1. The molecule has 0 bridgehead atoms. The summed E-state index contributed by atoms with van der Waals surface area (Å²) in [5.74, 6) is -0.882. The number of anilines is 2. The van der Waals surface area contributed by atoms with Crippen LogP contribution in [-0.2, 0) is 14.4 Å². The van der Waals surface area contributed by atoms with Crippen LogP contribution in [0.1, 0.15) is 30.3 Å². The zero-order valence-corrected chi connectivity index (χ0v) is 18.1. The topological polar surface area (TPSA) is 105 Å². The molecule has 2 fully saturated rings. The number of rotatable bonds is 6. The van der Waals surface area contributed by atoms with Crippen molar-refractivity contribution in [1.82, 2.24) is 15.0 Å². The van der Waals surface area contributed by atoms with E-state index < -0.39 is 23.9 Å². The number of hydroxylamine groups is 2. The molecule has 0 aliphatic carbocycles. The summed E-state index contributed by atoms with van der Waals surface area (Å²) < 4.78 is 20.3. The van der Waals surface area contributed by atoms with E-state index >= 15 is 4.39 Å². The lowest BCUT2D eigenvalue weighted by Crippen LogP contribution is -2.35. The summed E-state index contributed by atoms with van der Waals surface area (Å²) >= 11 is 0. The highest BCUT2D eigenvalue weighted by molar-refractivity contribution is 5.91. The van der Waals surface area contributed by atoms with Crippen molar-refractivity contribution in [1.29, 1.82) is 0 Å². The maximum Gasteiger partial charge on any atom is 0.414 e. The zero-order chi connectivity index (χ0) is 23.4. The van der Waals surface area contributed by atoms with E-state index in [1.165, 1.54) is 41.5 Å². The summed E-state index contributed by atoms with van der Waals surface area (Å²) in [5.41, 5.74) is 0.898. The normalized spacial score (nSPS) is 18.8. The molecule has 1 aromatic carbocycles. The molecule has 0 N–H and O–H groups in total. The predicted octanol–water partition coefficient (Wildman–Crippen LogP) is 2.20. The molecule has 1 atom stereocenters. The minimum absolute atomic E-state index is 0.0262. The third-order valence-electron chi connectivity index (χ3n) is 5.47. The highest BCUT2D eigenvalue weighted by atomic mass is 19.1. The van der Waals surface area contributed by atoms with Crippen LogP contribution >= 0.6 is 0 Å². The Morgan fingerprint density at radius 3 is 2.79 bits per heavy atom. The molecule has 0 saturated carbocycles. The molecule has 11 heteroatoms. The molecule has 0 radical (unpaired) electrons. The molecule has 1 aromatic heterocycles. The number of amides is 2. The Hall–Kier alpha value is -3.60. The van der Waals surface area contributed by atoms with E-state index in [4.69, 9.17) is 9.57 Å². The van der Waals surface area contributed by atoms with Crippen molar-refractivity contribution in [2.75, 3.05) is 42.6 Å². The first-order valence-corrected chi connectivity index (χ1v) is 10.7. The summed E-state index contributed by atoms with van der Waals surface area (Å²) in [6, 6.07) is 4.54. The Labute approximate surface area is 189 Å². The fourth-order valence-electron chi connectivity index (χ4n) is 3.75. The molecule has 3 heterocycles. The van der Waals surface area contributed by atoms with Gasteiger partial charge < -0.3 is 14.4 Å². The van der Waals surface area contributed by atoms with E-state index in [2.05, 4.69) is 9.97 Å². The molecule has 33 heavy (non-hydrogen) atoms. The molecule has 2 saturated heterocycles. The van der Waals surface area contributed by atoms with Gasteiger partial charge in [0.05, 0.1) is 37.3 Å². The fraction of sp³-hybridized carbons (Fsp3) is 0.409. The Kier molecular flexibility index (Phi) is 6.78. The van der Waals surface area contributed by atoms with Crippen LogP contribution in [0.25, 0.3) is 0 Å². The first-order valence-electron chi connectivity index (χ1n) is 10.7. The molecule has 2 aromatic rings. The van der Waals surface area contributed by atoms with Gasteiger partial charge in [0.1, 0.15) is 23.4 Å². The van der Waals surface area contributed by atoms with Crippen LogP contribution < -0.4 is 9.80 Å². The highest BCUT2D eigenvalue weighted by Gasteiger charge is 2.33. The number of carbonyl (C=O) groups is 3. The Balaban J connectivity index is 1.40. The SMILES string of the molecule is CC(=O)CC[C@H]1CN(c2ccc(N3CCON(C(=O)c4cnccn4)CC3)c(F)c2)C(=O)O1. The van der Waals surface area contributed by atoms with Gasteiger partial charge in [0.15, 0.2) is 0 Å². The summed E-state index contributed by atoms with van der Waals surface area (Å²) in [5, 5.41) is 1.21. The lowest BCUT2D eigenvalue weighted by Gasteiger charge is -2.23. The zero-order valence-electron chi connectivity index (χ0n) is 18.1. The van der Waals surface area contributed by atoms with Crippen LogP contribution in [-0.4, -0.2) is 71.7 Å². The molecule has 174 valence electrons. The molecule has 2 aliphatic rings. The van der Waals surface area contributed by atoms with Gasteiger partial charge >= 0.3 is 6.09 Å². The molecule has 0 unspecified atom stereocenters. The number of nitrogens with zero attached hydrogens (tertiary/aromatic N) is 5. The van der Waals surface area contributed by atoms with Crippen molar-refractivity contribution in [2.45, 2.75) is 25.9 Å². The monoisotopic (exact) mass is 457 g/mol. The summed E-state index contributed by atoms with van der Waals surface area (Å²) in [6.07, 6.45) is 4.07. The first kappa shape index (κ1) is 22.6. The minimum atomic E-state index is -0.558. The number of carbonyl (C=O) groups excluding carboxylic acids is 3. The third kappa shape index (κ3) is 5.25. The molecule has 10 nitrogen and oxygen atoms in total. The van der Waals surface area contributed by atoms with Crippen LogP contribution in [0.15, 0.2) is 36.8 Å². The first-order chi connectivity index (χ1) is 15.9. The van der Waals surface area contributed by atoms with Gasteiger partial charge in [-0.25, -0.2) is 19.2 Å². The number of hydrogen-bond donors (Lipinski definition) is 0. The predicted molar refractivity (Wildman–Crippen MR) is 115 cm³/mol. The van der Waals surface area contributed by atoms with Crippen molar-refractivity contribution >= 4 is 29.2 Å². The maximum absolute atomic E-state index is 15.0. The lowest BCUT2D eigenvalue weighted by molar-refractivity contribution is -0.117. The highest BCUT2D eigenvalue weighted by Crippen LogP contribution is 2.29. The van der Waals surface area contributed by atoms with Crippen LogP contribution in [0.4, 0.5) is 20.6 Å². The minimum Gasteiger partial charge on any atom is -0.444 e. The Morgan fingerprint density at radius 1 is 1.21 bits per heavy atom. The van der Waals surface area contributed by atoms with E-state index in [9.17, 15) is 14.4 Å². The molecular weight excluding hydrogens is 433 g/mol. The van der Waals surface area contributed by atoms with Gasteiger partial charge in [-0.15, -0.1) is 0 Å². The molecule has 4 rings (SSSR count). The average molecular weight is 457 g/mol. The molecule has 2 amide bonds. The van der Waals surface area contributed by atoms with E-state index in [0.29, 0.717) is 37.3 Å². The maximum atomic E-state index is 15.0. The van der Waals surface area contributed by atoms with Crippen molar-refractivity contribution in [3.8, 4) is 0 Å². The van der Waals surface area contributed by atoms with E-state index in [1.807, 2.05) is 0 Å². The standard InChI is InChI=1S/C22H24FN5O5/c1-15(29)2-4-17-14-27(22(31)33-17)16-3-5-20(18(23)12-16)26-8-9-28(32-11-10-26)21(30)19-13-24-6-7-25-19/h3,5-7,12-13,17H,2,4,8-11,14H2,1H3/t17-/m0/s1. The number of aromatic nitrogens is 2. The van der Waals surface area contributed by atoms with Crippen LogP contribution in [0, 0.1) is 5.82 Å². The van der Waals surface area contributed by atoms with E-state index in [0.717, 1.165) is 0 Å². The van der Waals surface area contributed by atoms with Gasteiger partial charge in [-0.2, -0.15) is 0 Å². The fourth-order valence-corrected chi connectivity index (χ4v) is 3.75. The Morgan fingerprint density at radius 2 is 2.06 bits per heavy atom. The van der Waals surface area contributed by atoms with Crippen LogP contribution in [0.3, 0.4) is 0 Å². The van der Waals surface area contributed by atoms with Crippen molar-refractivity contribution in [3.63, 3.8) is 0 Å². The second-order valence-electron chi connectivity index (χ2n) is 7.81. The number of halogens is 1. The largest absolute Gasteiger partial charge is 0.444 e. The van der Waals surface area contributed by atoms with E-state index in [-0.39, 0.29) is 31.2 Å². The van der Waals surface area contributed by atoms with Crippen molar-refractivity contribution in [2.24, 2.45) is 0 Å². The van der Waals surface area contributed by atoms with Gasteiger partial charge in [-0.3, -0.25) is 19.5 Å². The van der Waals surface area contributed by atoms with Gasteiger partial charge in [0, 0.05) is 31.9 Å². The third-order valence-corrected chi connectivity index (χ3v) is 5.47. The van der Waals surface area contributed by atoms with Gasteiger partial charge in [-0.1, -0.05) is 0 Å². The summed E-state index contributed by atoms with van der Waals surface area (Å²) in [7, 11) is 0. The number of ether oxygens (including phenoxy) is 1. The second-order valence-corrected chi connectivity index (χ2v) is 7.81. The summed E-state index contributed by atoms with van der Waals surface area (Å²) in [4.78, 5) is 52.5. The van der Waals surface area contributed by atoms with Crippen LogP contribution in [0.2, 0.25) is 0 Å². The molecule has 0 spiro atoms. The second kappa shape index (κ2) is 9.90. The number of hydrogen-bond acceptors (Lipinski definition) is 8. The Bertz CT molecular complexity index is 1040. The van der Waals surface area contributed by atoms with Crippen molar-refractivity contribution < 1.29 is 28.3 Å². The lowest BCUT2D eigenvalue weighted by atomic mass is 10.1. The van der Waals surface area contributed by atoms with Gasteiger partial charge in [0.2, 0.25) is 0 Å². The smallest absolute Gasteiger partial charge is 0.414 e. The van der Waals surface area contributed by atoms with Crippen LogP contribution in [0.5, 0.6) is 0 Å². The average Bonchev–Trinajstić information content (AvgIpc) is 3.02. The van der Waals surface area contributed by atoms with Crippen molar-refractivity contribution in [3.05, 3.63) is 48.3 Å².